The molecule has 25 heavy (non-hydrogen) atoms. The van der Waals surface area contributed by atoms with Gasteiger partial charge in [-0.05, 0) is 30.3 Å². The highest BCUT2D eigenvalue weighted by Crippen LogP contribution is 2.30. The summed E-state index contributed by atoms with van der Waals surface area (Å²) in [6.07, 6.45) is -2.86. The standard InChI is InChI=1S/C16H11F3N4OS/c17-16(18,19)10-4-3-5-11(8-10)21-14(24)12-9-25-15(22-12)23-13-6-1-2-7-20-13/h1-9H,(H,21,24)(H,20,22,23). The number of carbonyl (C=O) groups is 1. The van der Waals surface area contributed by atoms with E-state index in [1.54, 1.807) is 24.4 Å². The molecule has 2 aromatic heterocycles. The van der Waals surface area contributed by atoms with E-state index in [-0.39, 0.29) is 11.4 Å². The second-order valence-corrected chi connectivity index (χ2v) is 5.77. The van der Waals surface area contributed by atoms with Gasteiger partial charge in [-0.2, -0.15) is 13.2 Å². The maximum atomic E-state index is 12.7. The summed E-state index contributed by atoms with van der Waals surface area (Å²) in [5.74, 6) is -0.0219. The Morgan fingerprint density at radius 3 is 2.68 bits per heavy atom. The lowest BCUT2D eigenvalue weighted by Gasteiger charge is -2.09. The molecule has 0 saturated heterocycles. The van der Waals surface area contributed by atoms with Crippen LogP contribution in [0.3, 0.4) is 0 Å². The summed E-state index contributed by atoms with van der Waals surface area (Å²) >= 11 is 1.19. The zero-order valence-corrected chi connectivity index (χ0v) is 13.4. The first kappa shape index (κ1) is 16.9. The van der Waals surface area contributed by atoms with Crippen LogP contribution < -0.4 is 10.6 Å². The third-order valence-corrected chi connectivity index (χ3v) is 3.84. The SMILES string of the molecule is O=C(Nc1cccc(C(F)(F)F)c1)c1csc(Nc2ccccn2)n1. The van der Waals surface area contributed by atoms with Gasteiger partial charge in [0.05, 0.1) is 5.56 Å². The van der Waals surface area contributed by atoms with Crippen LogP contribution in [0.5, 0.6) is 0 Å². The number of aromatic nitrogens is 2. The Morgan fingerprint density at radius 2 is 1.96 bits per heavy atom. The molecule has 0 bridgehead atoms. The lowest BCUT2D eigenvalue weighted by molar-refractivity contribution is -0.137. The van der Waals surface area contributed by atoms with Crippen molar-refractivity contribution in [1.82, 2.24) is 9.97 Å². The lowest BCUT2D eigenvalue weighted by atomic mass is 10.2. The van der Waals surface area contributed by atoms with E-state index >= 15 is 0 Å². The van der Waals surface area contributed by atoms with Crippen molar-refractivity contribution in [1.29, 1.82) is 0 Å². The number of amides is 1. The molecule has 0 spiro atoms. The van der Waals surface area contributed by atoms with E-state index in [4.69, 9.17) is 0 Å². The van der Waals surface area contributed by atoms with E-state index in [9.17, 15) is 18.0 Å². The van der Waals surface area contributed by atoms with Gasteiger partial charge in [0.15, 0.2) is 5.13 Å². The van der Waals surface area contributed by atoms with Crippen molar-refractivity contribution in [3.63, 3.8) is 0 Å². The molecule has 2 heterocycles. The molecular weight excluding hydrogens is 353 g/mol. The lowest BCUT2D eigenvalue weighted by Crippen LogP contribution is -2.13. The van der Waals surface area contributed by atoms with Gasteiger partial charge in [0.1, 0.15) is 11.5 Å². The van der Waals surface area contributed by atoms with Gasteiger partial charge >= 0.3 is 6.18 Å². The highest BCUT2D eigenvalue weighted by atomic mass is 32.1. The molecule has 0 radical (unpaired) electrons. The molecule has 2 N–H and O–H groups in total. The number of alkyl halides is 3. The fourth-order valence-electron chi connectivity index (χ4n) is 1.95. The Kier molecular flexibility index (Phi) is 4.66. The van der Waals surface area contributed by atoms with Crippen LogP contribution in [0.15, 0.2) is 54.0 Å². The van der Waals surface area contributed by atoms with Crippen LogP contribution in [0.25, 0.3) is 0 Å². The van der Waals surface area contributed by atoms with Crippen LogP contribution in [0.4, 0.5) is 29.8 Å². The average Bonchev–Trinajstić information content (AvgIpc) is 3.04. The van der Waals surface area contributed by atoms with Gasteiger partial charge in [0, 0.05) is 17.3 Å². The smallest absolute Gasteiger partial charge is 0.321 e. The zero-order chi connectivity index (χ0) is 17.9. The summed E-state index contributed by atoms with van der Waals surface area (Å²) in [5, 5.41) is 7.31. The van der Waals surface area contributed by atoms with Crippen molar-refractivity contribution in [2.24, 2.45) is 0 Å². The highest BCUT2D eigenvalue weighted by molar-refractivity contribution is 7.14. The molecule has 1 aromatic carbocycles. The van der Waals surface area contributed by atoms with E-state index in [0.29, 0.717) is 10.9 Å². The molecule has 128 valence electrons. The van der Waals surface area contributed by atoms with Gasteiger partial charge in [-0.3, -0.25) is 4.79 Å². The molecule has 0 aliphatic carbocycles. The van der Waals surface area contributed by atoms with Gasteiger partial charge in [0.2, 0.25) is 0 Å². The minimum atomic E-state index is -4.47. The Labute approximate surface area is 144 Å². The first-order valence-corrected chi connectivity index (χ1v) is 7.92. The number of thiazole rings is 1. The van der Waals surface area contributed by atoms with Crippen molar-refractivity contribution >= 4 is 33.9 Å². The van der Waals surface area contributed by atoms with E-state index in [1.165, 1.54) is 28.8 Å². The second-order valence-electron chi connectivity index (χ2n) is 4.91. The topological polar surface area (TPSA) is 66.9 Å². The minimum Gasteiger partial charge on any atom is -0.321 e. The molecular formula is C16H11F3N4OS. The number of nitrogens with zero attached hydrogens (tertiary/aromatic N) is 2. The molecule has 0 unspecified atom stereocenters. The highest BCUT2D eigenvalue weighted by Gasteiger charge is 2.30. The normalized spacial score (nSPS) is 11.2. The minimum absolute atomic E-state index is 0.0482. The number of hydrogen-bond donors (Lipinski definition) is 2. The second kappa shape index (κ2) is 6.89. The molecule has 9 heteroatoms. The quantitative estimate of drug-likeness (QED) is 0.713. The molecule has 0 saturated carbocycles. The Bertz CT molecular complexity index is 880. The van der Waals surface area contributed by atoms with E-state index in [2.05, 4.69) is 20.6 Å². The number of rotatable bonds is 4. The van der Waals surface area contributed by atoms with E-state index < -0.39 is 17.6 Å². The molecule has 3 rings (SSSR count). The first-order chi connectivity index (χ1) is 11.9. The molecule has 1 amide bonds. The zero-order valence-electron chi connectivity index (χ0n) is 12.5. The largest absolute Gasteiger partial charge is 0.416 e. The van der Waals surface area contributed by atoms with Crippen LogP contribution >= 0.6 is 11.3 Å². The summed E-state index contributed by atoms with van der Waals surface area (Å²) in [7, 11) is 0. The summed E-state index contributed by atoms with van der Waals surface area (Å²) < 4.78 is 38.1. The van der Waals surface area contributed by atoms with Gasteiger partial charge in [-0.25, -0.2) is 9.97 Å². The average molecular weight is 364 g/mol. The molecule has 0 fully saturated rings. The molecule has 0 atom stereocenters. The Balaban J connectivity index is 1.70. The van der Waals surface area contributed by atoms with Crippen LogP contribution in [0.1, 0.15) is 16.1 Å². The number of pyridine rings is 1. The molecule has 5 nitrogen and oxygen atoms in total. The van der Waals surface area contributed by atoms with Gasteiger partial charge < -0.3 is 10.6 Å². The number of nitrogens with one attached hydrogen (secondary N) is 2. The Morgan fingerprint density at radius 1 is 1.12 bits per heavy atom. The first-order valence-electron chi connectivity index (χ1n) is 7.04. The van der Waals surface area contributed by atoms with Crippen molar-refractivity contribution in [3.05, 3.63) is 65.3 Å². The van der Waals surface area contributed by atoms with E-state index in [0.717, 1.165) is 12.1 Å². The number of benzene rings is 1. The van der Waals surface area contributed by atoms with E-state index in [1.807, 2.05) is 0 Å². The number of anilines is 3. The predicted molar refractivity (Wildman–Crippen MR) is 89.0 cm³/mol. The third-order valence-electron chi connectivity index (χ3n) is 3.08. The fourth-order valence-corrected chi connectivity index (χ4v) is 2.65. The number of carbonyl (C=O) groups excluding carboxylic acids is 1. The molecule has 0 aliphatic heterocycles. The maximum absolute atomic E-state index is 12.7. The van der Waals surface area contributed by atoms with Crippen LogP contribution in [-0.2, 0) is 6.18 Å². The summed E-state index contributed by atoms with van der Waals surface area (Å²) in [5.41, 5.74) is -0.686. The van der Waals surface area contributed by atoms with Gasteiger partial charge in [0.25, 0.3) is 5.91 Å². The van der Waals surface area contributed by atoms with Crippen LogP contribution in [0.2, 0.25) is 0 Å². The van der Waals surface area contributed by atoms with Crippen molar-refractivity contribution in [2.75, 3.05) is 10.6 Å². The van der Waals surface area contributed by atoms with Gasteiger partial charge in [-0.1, -0.05) is 12.1 Å². The third kappa shape index (κ3) is 4.32. The molecule has 0 aliphatic rings. The Hall–Kier alpha value is -2.94. The fraction of sp³-hybridized carbons (Fsp3) is 0.0625. The summed E-state index contributed by atoms with van der Waals surface area (Å²) in [6.45, 7) is 0. The van der Waals surface area contributed by atoms with Crippen LogP contribution in [-0.4, -0.2) is 15.9 Å². The van der Waals surface area contributed by atoms with Gasteiger partial charge in [-0.15, -0.1) is 11.3 Å². The monoisotopic (exact) mass is 364 g/mol. The summed E-state index contributed by atoms with van der Waals surface area (Å²) in [6, 6.07) is 9.72. The van der Waals surface area contributed by atoms with Crippen molar-refractivity contribution < 1.29 is 18.0 Å². The van der Waals surface area contributed by atoms with Crippen molar-refractivity contribution in [3.8, 4) is 0 Å². The number of halogens is 3. The van der Waals surface area contributed by atoms with Crippen molar-refractivity contribution in [2.45, 2.75) is 6.18 Å². The van der Waals surface area contributed by atoms with Crippen LogP contribution in [0, 0.1) is 0 Å². The molecule has 3 aromatic rings. The predicted octanol–water partition coefficient (Wildman–Crippen LogP) is 4.55. The number of hydrogen-bond acceptors (Lipinski definition) is 5. The summed E-state index contributed by atoms with van der Waals surface area (Å²) in [4.78, 5) is 20.3. The maximum Gasteiger partial charge on any atom is 0.416 e.